The summed E-state index contributed by atoms with van der Waals surface area (Å²) < 4.78 is 0. The predicted octanol–water partition coefficient (Wildman–Crippen LogP) is 3.63. The number of aromatic nitrogens is 3. The van der Waals surface area contributed by atoms with Crippen molar-refractivity contribution in [3.05, 3.63) is 57.8 Å². The number of nitrogens with zero attached hydrogens (tertiary/aromatic N) is 4. The molecule has 2 N–H and O–H groups in total. The number of carbonyl (C=O) groups is 1. The standard InChI is InChI=1S/C19H21N5OS/c1-11(18-12(2)26-13(3)22-18)24(4)19(25)15-7-5-14(6-8-15)16-9-21-10-17(20)23-16/h5-11H,1-4H3,(H2,20,23). The van der Waals surface area contributed by atoms with E-state index in [9.17, 15) is 4.79 Å². The number of carbonyl (C=O) groups excluding carboxylic acids is 1. The molecule has 1 atom stereocenters. The van der Waals surface area contributed by atoms with Crippen LogP contribution in [-0.2, 0) is 0 Å². The topological polar surface area (TPSA) is 85.0 Å². The number of nitrogens with two attached hydrogens (primary N) is 1. The molecule has 0 aliphatic carbocycles. The number of hydrogen-bond donors (Lipinski definition) is 1. The van der Waals surface area contributed by atoms with Gasteiger partial charge in [-0.1, -0.05) is 12.1 Å². The van der Waals surface area contributed by atoms with Gasteiger partial charge in [0.1, 0.15) is 5.82 Å². The fourth-order valence-corrected chi connectivity index (χ4v) is 3.71. The minimum absolute atomic E-state index is 0.0484. The largest absolute Gasteiger partial charge is 0.382 e. The highest BCUT2D eigenvalue weighted by Crippen LogP contribution is 2.27. The molecular weight excluding hydrogens is 346 g/mol. The third kappa shape index (κ3) is 3.57. The van der Waals surface area contributed by atoms with E-state index in [0.717, 1.165) is 21.1 Å². The van der Waals surface area contributed by atoms with E-state index in [4.69, 9.17) is 5.73 Å². The normalized spacial score (nSPS) is 12.0. The lowest BCUT2D eigenvalue weighted by atomic mass is 10.1. The summed E-state index contributed by atoms with van der Waals surface area (Å²) in [6.07, 6.45) is 3.15. The number of aryl methyl sites for hydroxylation is 2. The molecule has 0 radical (unpaired) electrons. The zero-order valence-electron chi connectivity index (χ0n) is 15.2. The van der Waals surface area contributed by atoms with Gasteiger partial charge in [0.25, 0.3) is 5.91 Å². The Morgan fingerprint density at radius 3 is 2.42 bits per heavy atom. The Bertz CT molecular complexity index is 935. The smallest absolute Gasteiger partial charge is 0.254 e. The van der Waals surface area contributed by atoms with Gasteiger partial charge in [-0.05, 0) is 32.9 Å². The van der Waals surface area contributed by atoms with Crippen LogP contribution in [0.1, 0.15) is 38.9 Å². The Morgan fingerprint density at radius 2 is 1.85 bits per heavy atom. The number of thiazole rings is 1. The Morgan fingerprint density at radius 1 is 1.15 bits per heavy atom. The fraction of sp³-hybridized carbons (Fsp3) is 0.263. The lowest BCUT2D eigenvalue weighted by Gasteiger charge is -2.24. The maximum absolute atomic E-state index is 12.8. The molecule has 0 aliphatic rings. The van der Waals surface area contributed by atoms with E-state index in [1.807, 2.05) is 32.9 Å². The van der Waals surface area contributed by atoms with Crippen molar-refractivity contribution in [3.63, 3.8) is 0 Å². The summed E-state index contributed by atoms with van der Waals surface area (Å²) in [5.41, 5.74) is 8.79. The minimum Gasteiger partial charge on any atom is -0.382 e. The monoisotopic (exact) mass is 367 g/mol. The molecule has 0 aliphatic heterocycles. The van der Waals surface area contributed by atoms with Crippen LogP contribution in [0.3, 0.4) is 0 Å². The Balaban J connectivity index is 1.80. The molecule has 2 heterocycles. The second-order valence-corrected chi connectivity index (χ2v) is 7.58. The summed E-state index contributed by atoms with van der Waals surface area (Å²) in [5, 5.41) is 1.01. The maximum atomic E-state index is 12.8. The fourth-order valence-electron chi connectivity index (χ4n) is 2.80. The Labute approximate surface area is 156 Å². The average Bonchev–Trinajstić information content (AvgIpc) is 2.98. The summed E-state index contributed by atoms with van der Waals surface area (Å²) in [6.45, 7) is 6.01. The second-order valence-electron chi connectivity index (χ2n) is 6.17. The third-order valence-electron chi connectivity index (χ3n) is 4.32. The molecule has 3 aromatic rings. The summed E-state index contributed by atoms with van der Waals surface area (Å²) in [7, 11) is 1.80. The first-order valence-electron chi connectivity index (χ1n) is 8.26. The first-order valence-corrected chi connectivity index (χ1v) is 9.07. The van der Waals surface area contributed by atoms with Crippen LogP contribution in [0.4, 0.5) is 5.82 Å². The van der Waals surface area contributed by atoms with Crippen LogP contribution in [0, 0.1) is 13.8 Å². The maximum Gasteiger partial charge on any atom is 0.254 e. The quantitative estimate of drug-likeness (QED) is 0.761. The van der Waals surface area contributed by atoms with Crippen molar-refractivity contribution in [2.45, 2.75) is 26.8 Å². The van der Waals surface area contributed by atoms with Gasteiger partial charge < -0.3 is 10.6 Å². The van der Waals surface area contributed by atoms with Crippen molar-refractivity contribution in [2.75, 3.05) is 12.8 Å². The van der Waals surface area contributed by atoms with Gasteiger partial charge in [-0.15, -0.1) is 11.3 Å². The molecule has 0 saturated heterocycles. The van der Waals surface area contributed by atoms with Crippen LogP contribution < -0.4 is 5.73 Å². The van der Waals surface area contributed by atoms with Crippen LogP contribution in [0.2, 0.25) is 0 Å². The molecule has 6 nitrogen and oxygen atoms in total. The SMILES string of the molecule is Cc1nc(C(C)N(C)C(=O)c2ccc(-c3cncc(N)n3)cc2)c(C)s1. The van der Waals surface area contributed by atoms with Gasteiger partial charge in [0.2, 0.25) is 0 Å². The highest BCUT2D eigenvalue weighted by atomic mass is 32.1. The van der Waals surface area contributed by atoms with Gasteiger partial charge in [-0.25, -0.2) is 9.97 Å². The van der Waals surface area contributed by atoms with E-state index in [0.29, 0.717) is 17.1 Å². The Hall–Kier alpha value is -2.80. The van der Waals surface area contributed by atoms with E-state index in [1.165, 1.54) is 6.20 Å². The molecule has 0 fully saturated rings. The van der Waals surface area contributed by atoms with Crippen LogP contribution in [0.15, 0.2) is 36.7 Å². The summed E-state index contributed by atoms with van der Waals surface area (Å²) in [6, 6.07) is 7.21. The van der Waals surface area contributed by atoms with Crippen molar-refractivity contribution in [3.8, 4) is 11.3 Å². The first-order chi connectivity index (χ1) is 12.4. The van der Waals surface area contributed by atoms with Crippen molar-refractivity contribution < 1.29 is 4.79 Å². The van der Waals surface area contributed by atoms with Crippen molar-refractivity contribution in [1.29, 1.82) is 0 Å². The van der Waals surface area contributed by atoms with E-state index in [2.05, 4.69) is 15.0 Å². The lowest BCUT2D eigenvalue weighted by molar-refractivity contribution is 0.0740. The molecule has 134 valence electrons. The molecule has 2 aromatic heterocycles. The molecule has 3 rings (SSSR count). The minimum atomic E-state index is -0.0908. The number of amides is 1. The highest BCUT2D eigenvalue weighted by molar-refractivity contribution is 7.11. The third-order valence-corrected chi connectivity index (χ3v) is 5.22. The molecule has 1 unspecified atom stereocenters. The van der Waals surface area contributed by atoms with Crippen molar-refractivity contribution >= 4 is 23.1 Å². The van der Waals surface area contributed by atoms with E-state index in [1.54, 1.807) is 41.6 Å². The zero-order chi connectivity index (χ0) is 18.8. The summed E-state index contributed by atoms with van der Waals surface area (Å²) in [5.74, 6) is 0.318. The summed E-state index contributed by atoms with van der Waals surface area (Å²) >= 11 is 1.65. The van der Waals surface area contributed by atoms with E-state index < -0.39 is 0 Å². The first kappa shape index (κ1) is 18.0. The molecule has 0 bridgehead atoms. The molecule has 26 heavy (non-hydrogen) atoms. The van der Waals surface area contributed by atoms with Crippen LogP contribution in [-0.4, -0.2) is 32.8 Å². The van der Waals surface area contributed by atoms with Gasteiger partial charge >= 0.3 is 0 Å². The number of hydrogen-bond acceptors (Lipinski definition) is 6. The van der Waals surface area contributed by atoms with E-state index in [-0.39, 0.29) is 11.9 Å². The van der Waals surface area contributed by atoms with Gasteiger partial charge in [-0.2, -0.15) is 0 Å². The lowest BCUT2D eigenvalue weighted by Crippen LogP contribution is -2.30. The number of benzene rings is 1. The van der Waals surface area contributed by atoms with Crippen LogP contribution >= 0.6 is 11.3 Å². The molecular formula is C19H21N5OS. The molecule has 1 aromatic carbocycles. The van der Waals surface area contributed by atoms with E-state index >= 15 is 0 Å². The average molecular weight is 367 g/mol. The second kappa shape index (κ2) is 7.21. The van der Waals surface area contributed by atoms with Gasteiger partial charge in [0, 0.05) is 23.1 Å². The van der Waals surface area contributed by atoms with Crippen molar-refractivity contribution in [1.82, 2.24) is 19.9 Å². The van der Waals surface area contributed by atoms with Gasteiger partial charge in [0.05, 0.1) is 34.8 Å². The predicted molar refractivity (Wildman–Crippen MR) is 104 cm³/mol. The highest BCUT2D eigenvalue weighted by Gasteiger charge is 2.22. The molecule has 7 heteroatoms. The summed E-state index contributed by atoms with van der Waals surface area (Å²) in [4.78, 5) is 28.6. The zero-order valence-corrected chi connectivity index (χ0v) is 16.0. The number of anilines is 1. The number of nitrogen functional groups attached to an aromatic ring is 1. The number of rotatable bonds is 4. The van der Waals surface area contributed by atoms with Gasteiger partial charge in [0.15, 0.2) is 0 Å². The van der Waals surface area contributed by atoms with Gasteiger partial charge in [-0.3, -0.25) is 9.78 Å². The van der Waals surface area contributed by atoms with Crippen LogP contribution in [0.5, 0.6) is 0 Å². The molecule has 0 saturated carbocycles. The Kier molecular flexibility index (Phi) is 4.99. The van der Waals surface area contributed by atoms with Crippen molar-refractivity contribution in [2.24, 2.45) is 0 Å². The van der Waals surface area contributed by atoms with Crippen LogP contribution in [0.25, 0.3) is 11.3 Å². The molecule has 1 amide bonds. The molecule has 0 spiro atoms.